The van der Waals surface area contributed by atoms with Gasteiger partial charge in [-0.15, -0.1) is 0 Å². The summed E-state index contributed by atoms with van der Waals surface area (Å²) < 4.78 is 12.6. The number of pyridine rings is 1. The van der Waals surface area contributed by atoms with Crippen LogP contribution in [-0.4, -0.2) is 31.3 Å². The molecule has 0 spiro atoms. The molecule has 4 heteroatoms. The molecule has 232 valence electrons. The molecule has 0 atom stereocenters. The molecule has 0 aliphatic rings. The topological polar surface area (TPSA) is 34.6 Å². The zero-order valence-electron chi connectivity index (χ0n) is 27.3. The van der Waals surface area contributed by atoms with Gasteiger partial charge >= 0.3 is 0 Å². The number of rotatable bonds is 15. The van der Waals surface area contributed by atoms with Gasteiger partial charge in [-0.25, -0.2) is 4.98 Å². The summed E-state index contributed by atoms with van der Waals surface area (Å²) in [6.07, 6.45) is 4.18. The standard InChI is InChI=1S/C41H46N2O2/c1-5-9-26-44-40-22-16-14-20-35(40)38-28-32(29-39(42-38)36-21-15-17-23-41(36)45-27-10-6-2)37-30-33(43(7-3)8-4)24-25-34(37)31-18-12-11-13-19-31/h11-25,28-30H,5-10,26-27H2,1-4H3. The first kappa shape index (κ1) is 31.8. The Morgan fingerprint density at radius 1 is 0.511 bits per heavy atom. The molecule has 4 nitrogen and oxygen atoms in total. The molecule has 0 bridgehead atoms. The van der Waals surface area contributed by atoms with Crippen molar-refractivity contribution in [2.24, 2.45) is 0 Å². The number of para-hydroxylation sites is 2. The van der Waals surface area contributed by atoms with E-state index in [2.05, 4.69) is 130 Å². The first-order valence-electron chi connectivity index (χ1n) is 16.6. The third-order valence-electron chi connectivity index (χ3n) is 8.19. The van der Waals surface area contributed by atoms with Gasteiger partial charge in [-0.05, 0) is 97.5 Å². The lowest BCUT2D eigenvalue weighted by Crippen LogP contribution is -2.21. The highest BCUT2D eigenvalue weighted by molar-refractivity contribution is 5.89. The van der Waals surface area contributed by atoms with Crippen molar-refractivity contribution in [1.29, 1.82) is 0 Å². The minimum Gasteiger partial charge on any atom is -0.493 e. The second-order valence-corrected chi connectivity index (χ2v) is 11.3. The van der Waals surface area contributed by atoms with Crippen molar-refractivity contribution in [3.63, 3.8) is 0 Å². The maximum Gasteiger partial charge on any atom is 0.128 e. The van der Waals surface area contributed by atoms with Crippen LogP contribution in [0.3, 0.4) is 0 Å². The van der Waals surface area contributed by atoms with E-state index >= 15 is 0 Å². The van der Waals surface area contributed by atoms with Gasteiger partial charge in [0.25, 0.3) is 0 Å². The lowest BCUT2D eigenvalue weighted by molar-refractivity contribution is 0.310. The number of hydrogen-bond donors (Lipinski definition) is 0. The van der Waals surface area contributed by atoms with Crippen LogP contribution in [0.4, 0.5) is 5.69 Å². The molecule has 0 radical (unpaired) electrons. The molecule has 0 saturated heterocycles. The zero-order chi connectivity index (χ0) is 31.4. The predicted molar refractivity (Wildman–Crippen MR) is 190 cm³/mol. The van der Waals surface area contributed by atoms with Crippen molar-refractivity contribution in [2.45, 2.75) is 53.4 Å². The van der Waals surface area contributed by atoms with Crippen LogP contribution < -0.4 is 14.4 Å². The summed E-state index contributed by atoms with van der Waals surface area (Å²) in [5.41, 5.74) is 9.60. The summed E-state index contributed by atoms with van der Waals surface area (Å²) in [5.74, 6) is 1.71. The van der Waals surface area contributed by atoms with E-state index in [1.165, 1.54) is 22.4 Å². The Hall–Kier alpha value is -4.57. The number of nitrogens with zero attached hydrogens (tertiary/aromatic N) is 2. The molecular weight excluding hydrogens is 552 g/mol. The second-order valence-electron chi connectivity index (χ2n) is 11.3. The van der Waals surface area contributed by atoms with Crippen LogP contribution >= 0.6 is 0 Å². The summed E-state index contributed by atoms with van der Waals surface area (Å²) in [6, 6.07) is 38.5. The van der Waals surface area contributed by atoms with Gasteiger partial charge in [-0.2, -0.15) is 0 Å². The number of benzene rings is 4. The summed E-state index contributed by atoms with van der Waals surface area (Å²) in [7, 11) is 0. The molecule has 0 N–H and O–H groups in total. The number of ether oxygens (including phenoxy) is 2. The van der Waals surface area contributed by atoms with Crippen LogP contribution in [0.1, 0.15) is 53.4 Å². The quantitative estimate of drug-likeness (QED) is 0.112. The van der Waals surface area contributed by atoms with Crippen LogP contribution in [0, 0.1) is 0 Å². The van der Waals surface area contributed by atoms with E-state index in [0.29, 0.717) is 13.2 Å². The van der Waals surface area contributed by atoms with E-state index in [9.17, 15) is 0 Å². The SMILES string of the molecule is CCCCOc1ccccc1-c1cc(-c2cc(N(CC)CC)ccc2-c2ccccc2)cc(-c2ccccc2OCCCC)n1. The molecule has 5 rings (SSSR count). The Bertz CT molecular complexity index is 1590. The molecule has 1 aromatic heterocycles. The van der Waals surface area contributed by atoms with Crippen molar-refractivity contribution >= 4 is 5.69 Å². The molecule has 4 aromatic carbocycles. The summed E-state index contributed by atoms with van der Waals surface area (Å²) in [6.45, 7) is 12.0. The van der Waals surface area contributed by atoms with Gasteiger partial charge in [0.2, 0.25) is 0 Å². The van der Waals surface area contributed by atoms with Crippen LogP contribution in [-0.2, 0) is 0 Å². The van der Waals surface area contributed by atoms with Crippen molar-refractivity contribution in [2.75, 3.05) is 31.2 Å². The maximum atomic E-state index is 6.31. The fourth-order valence-electron chi connectivity index (χ4n) is 5.65. The minimum absolute atomic E-state index is 0.679. The Morgan fingerprint density at radius 2 is 1.04 bits per heavy atom. The smallest absolute Gasteiger partial charge is 0.128 e. The number of hydrogen-bond acceptors (Lipinski definition) is 4. The summed E-state index contributed by atoms with van der Waals surface area (Å²) in [5, 5.41) is 0. The Morgan fingerprint density at radius 3 is 1.58 bits per heavy atom. The molecule has 1 heterocycles. The van der Waals surface area contributed by atoms with Crippen LogP contribution in [0.15, 0.2) is 109 Å². The zero-order valence-corrected chi connectivity index (χ0v) is 27.3. The fourth-order valence-corrected chi connectivity index (χ4v) is 5.65. The van der Waals surface area contributed by atoms with Gasteiger partial charge in [0.1, 0.15) is 11.5 Å². The van der Waals surface area contributed by atoms with Gasteiger partial charge in [0, 0.05) is 29.9 Å². The normalized spacial score (nSPS) is 10.9. The van der Waals surface area contributed by atoms with Gasteiger partial charge in [-0.3, -0.25) is 0 Å². The highest BCUT2D eigenvalue weighted by Crippen LogP contribution is 2.41. The fraction of sp³-hybridized carbons (Fsp3) is 0.293. The third-order valence-corrected chi connectivity index (χ3v) is 8.19. The van der Waals surface area contributed by atoms with Crippen molar-refractivity contribution in [3.8, 4) is 56.3 Å². The second kappa shape index (κ2) is 15.9. The first-order valence-corrected chi connectivity index (χ1v) is 16.6. The average molecular weight is 599 g/mol. The highest BCUT2D eigenvalue weighted by atomic mass is 16.5. The minimum atomic E-state index is 0.679. The van der Waals surface area contributed by atoms with Gasteiger partial charge in [0.15, 0.2) is 0 Å². The van der Waals surface area contributed by atoms with Crippen LogP contribution in [0.25, 0.3) is 44.8 Å². The van der Waals surface area contributed by atoms with Gasteiger partial charge in [-0.1, -0.05) is 87.4 Å². The number of unbranched alkanes of at least 4 members (excludes halogenated alkanes) is 2. The van der Waals surface area contributed by atoms with Gasteiger partial charge < -0.3 is 14.4 Å². The van der Waals surface area contributed by atoms with Crippen LogP contribution in [0.2, 0.25) is 0 Å². The largest absolute Gasteiger partial charge is 0.493 e. The lowest BCUT2D eigenvalue weighted by Gasteiger charge is -2.23. The van der Waals surface area contributed by atoms with Crippen molar-refractivity contribution < 1.29 is 9.47 Å². The molecular formula is C41H46N2O2. The van der Waals surface area contributed by atoms with E-state index in [-0.39, 0.29) is 0 Å². The number of aromatic nitrogens is 1. The molecule has 5 aromatic rings. The first-order chi connectivity index (χ1) is 22.2. The maximum absolute atomic E-state index is 6.31. The van der Waals surface area contributed by atoms with Crippen LogP contribution in [0.5, 0.6) is 11.5 Å². The molecule has 0 saturated carbocycles. The van der Waals surface area contributed by atoms with E-state index in [1.54, 1.807) is 0 Å². The molecule has 0 aliphatic carbocycles. The van der Waals surface area contributed by atoms with Crippen molar-refractivity contribution in [3.05, 3.63) is 109 Å². The molecule has 0 fully saturated rings. The van der Waals surface area contributed by atoms with E-state index in [4.69, 9.17) is 14.5 Å². The monoisotopic (exact) mass is 598 g/mol. The van der Waals surface area contributed by atoms with E-state index in [0.717, 1.165) is 78.4 Å². The van der Waals surface area contributed by atoms with E-state index in [1.807, 2.05) is 12.1 Å². The Labute approximate surface area is 269 Å². The molecule has 0 unspecified atom stereocenters. The summed E-state index contributed by atoms with van der Waals surface area (Å²) >= 11 is 0. The lowest BCUT2D eigenvalue weighted by atomic mass is 9.92. The Balaban J connectivity index is 1.75. The Kier molecular flexibility index (Phi) is 11.3. The third kappa shape index (κ3) is 7.75. The molecule has 45 heavy (non-hydrogen) atoms. The van der Waals surface area contributed by atoms with E-state index < -0.39 is 0 Å². The summed E-state index contributed by atoms with van der Waals surface area (Å²) in [4.78, 5) is 7.70. The average Bonchev–Trinajstić information content (AvgIpc) is 3.09. The number of anilines is 1. The molecule has 0 aliphatic heterocycles. The van der Waals surface area contributed by atoms with Crippen molar-refractivity contribution in [1.82, 2.24) is 4.98 Å². The predicted octanol–water partition coefficient (Wildman–Crippen LogP) is 11.0. The molecule has 0 amide bonds. The highest BCUT2D eigenvalue weighted by Gasteiger charge is 2.18. The van der Waals surface area contributed by atoms with Gasteiger partial charge in [0.05, 0.1) is 24.6 Å².